The number of para-hydroxylation sites is 2. The van der Waals surface area contributed by atoms with E-state index >= 15 is 0 Å². The standard InChI is InChI=1S/C16H17NO4S/c1-10-6-7-22-15(10)11(18)8-17-16(19)14-9-20-12-4-2-3-5-13(12)21-14/h2-7,11,14,18H,8-9H2,1H3,(H,17,19)/t11-,14+/m1/s1. The van der Waals surface area contributed by atoms with Gasteiger partial charge in [0, 0.05) is 11.4 Å². The van der Waals surface area contributed by atoms with E-state index in [9.17, 15) is 9.90 Å². The van der Waals surface area contributed by atoms with Crippen molar-refractivity contribution in [1.82, 2.24) is 5.32 Å². The molecule has 6 heteroatoms. The molecule has 0 aliphatic carbocycles. The number of aliphatic hydroxyl groups is 1. The Morgan fingerprint density at radius 2 is 2.18 bits per heavy atom. The van der Waals surface area contributed by atoms with E-state index in [0.717, 1.165) is 10.4 Å². The van der Waals surface area contributed by atoms with Gasteiger partial charge in [0.2, 0.25) is 6.10 Å². The SMILES string of the molecule is Cc1ccsc1[C@H](O)CNC(=O)[C@@H]1COc2ccccc2O1. The Balaban J connectivity index is 1.56. The number of aryl methyl sites for hydroxylation is 1. The van der Waals surface area contributed by atoms with Gasteiger partial charge in [-0.05, 0) is 36.1 Å². The maximum absolute atomic E-state index is 12.1. The van der Waals surface area contributed by atoms with Crippen LogP contribution in [-0.4, -0.2) is 30.3 Å². The number of hydrogen-bond donors (Lipinski definition) is 2. The zero-order valence-electron chi connectivity index (χ0n) is 12.1. The normalized spacial score (nSPS) is 17.8. The van der Waals surface area contributed by atoms with Crippen LogP contribution in [0.3, 0.4) is 0 Å². The van der Waals surface area contributed by atoms with Gasteiger partial charge in [0.15, 0.2) is 11.5 Å². The molecule has 0 unspecified atom stereocenters. The second-order valence-corrected chi connectivity index (χ2v) is 6.04. The van der Waals surface area contributed by atoms with Crippen molar-refractivity contribution in [2.75, 3.05) is 13.2 Å². The molecule has 1 aliphatic rings. The van der Waals surface area contributed by atoms with E-state index in [1.807, 2.05) is 30.5 Å². The van der Waals surface area contributed by atoms with Crippen molar-refractivity contribution in [3.63, 3.8) is 0 Å². The van der Waals surface area contributed by atoms with Crippen LogP contribution in [0.5, 0.6) is 11.5 Å². The highest BCUT2D eigenvalue weighted by atomic mass is 32.1. The minimum absolute atomic E-state index is 0.154. The number of fused-ring (bicyclic) bond motifs is 1. The first kappa shape index (κ1) is 14.9. The third-order valence-corrected chi connectivity index (χ3v) is 4.60. The molecule has 2 atom stereocenters. The monoisotopic (exact) mass is 319 g/mol. The number of ether oxygens (including phenoxy) is 2. The minimum Gasteiger partial charge on any atom is -0.485 e. The average molecular weight is 319 g/mol. The van der Waals surface area contributed by atoms with Gasteiger partial charge in [-0.25, -0.2) is 0 Å². The van der Waals surface area contributed by atoms with Crippen LogP contribution in [0, 0.1) is 6.92 Å². The highest BCUT2D eigenvalue weighted by Crippen LogP contribution is 2.31. The lowest BCUT2D eigenvalue weighted by molar-refractivity contribution is -0.130. The van der Waals surface area contributed by atoms with Crippen molar-refractivity contribution in [2.24, 2.45) is 0 Å². The van der Waals surface area contributed by atoms with Crippen LogP contribution in [0.25, 0.3) is 0 Å². The minimum atomic E-state index is -0.708. The van der Waals surface area contributed by atoms with Crippen molar-refractivity contribution in [3.05, 3.63) is 46.2 Å². The Morgan fingerprint density at radius 3 is 2.91 bits per heavy atom. The molecule has 0 bridgehead atoms. The van der Waals surface area contributed by atoms with E-state index in [0.29, 0.717) is 11.5 Å². The van der Waals surface area contributed by atoms with Gasteiger partial charge in [-0.15, -0.1) is 11.3 Å². The van der Waals surface area contributed by atoms with Crippen molar-refractivity contribution in [2.45, 2.75) is 19.1 Å². The fourth-order valence-electron chi connectivity index (χ4n) is 2.28. The quantitative estimate of drug-likeness (QED) is 0.905. The van der Waals surface area contributed by atoms with E-state index in [-0.39, 0.29) is 19.1 Å². The molecule has 0 saturated carbocycles. The number of carbonyl (C=O) groups is 1. The molecule has 0 saturated heterocycles. The third-order valence-electron chi connectivity index (χ3n) is 3.48. The predicted molar refractivity (Wildman–Crippen MR) is 83.4 cm³/mol. The molecule has 5 nitrogen and oxygen atoms in total. The number of nitrogens with one attached hydrogen (secondary N) is 1. The highest BCUT2D eigenvalue weighted by Gasteiger charge is 2.27. The molecular weight excluding hydrogens is 302 g/mol. The Hall–Kier alpha value is -2.05. The van der Waals surface area contributed by atoms with Crippen LogP contribution < -0.4 is 14.8 Å². The summed E-state index contributed by atoms with van der Waals surface area (Å²) >= 11 is 1.48. The third kappa shape index (κ3) is 3.08. The molecule has 1 aromatic carbocycles. The molecule has 22 heavy (non-hydrogen) atoms. The van der Waals surface area contributed by atoms with E-state index in [1.165, 1.54) is 11.3 Å². The summed E-state index contributed by atoms with van der Waals surface area (Å²) in [5.74, 6) is 0.909. The van der Waals surface area contributed by atoms with E-state index in [4.69, 9.17) is 9.47 Å². The number of amides is 1. The van der Waals surface area contributed by atoms with E-state index in [1.54, 1.807) is 12.1 Å². The maximum Gasteiger partial charge on any atom is 0.264 e. The fraction of sp³-hybridized carbons (Fsp3) is 0.312. The van der Waals surface area contributed by atoms with Crippen LogP contribution >= 0.6 is 11.3 Å². The summed E-state index contributed by atoms with van der Waals surface area (Å²) in [6.45, 7) is 2.25. The van der Waals surface area contributed by atoms with Crippen LogP contribution in [0.1, 0.15) is 16.5 Å². The zero-order valence-corrected chi connectivity index (χ0v) is 12.9. The first-order valence-electron chi connectivity index (χ1n) is 7.03. The molecule has 0 fully saturated rings. The van der Waals surface area contributed by atoms with Gasteiger partial charge < -0.3 is 19.9 Å². The number of rotatable bonds is 4. The van der Waals surface area contributed by atoms with Gasteiger partial charge in [0.1, 0.15) is 12.7 Å². The van der Waals surface area contributed by atoms with Crippen molar-refractivity contribution < 1.29 is 19.4 Å². The van der Waals surface area contributed by atoms with Crippen LogP contribution in [0.4, 0.5) is 0 Å². The predicted octanol–water partition coefficient (Wildman–Crippen LogP) is 2.05. The zero-order chi connectivity index (χ0) is 15.5. The van der Waals surface area contributed by atoms with Crippen molar-refractivity contribution in [1.29, 1.82) is 0 Å². The van der Waals surface area contributed by atoms with Gasteiger partial charge >= 0.3 is 0 Å². The molecule has 116 valence electrons. The number of hydrogen-bond acceptors (Lipinski definition) is 5. The van der Waals surface area contributed by atoms with Gasteiger partial charge in [0.05, 0.1) is 0 Å². The first-order valence-corrected chi connectivity index (χ1v) is 7.91. The smallest absolute Gasteiger partial charge is 0.264 e. The summed E-state index contributed by atoms with van der Waals surface area (Å²) < 4.78 is 11.1. The topological polar surface area (TPSA) is 67.8 Å². The van der Waals surface area contributed by atoms with Crippen molar-refractivity contribution in [3.8, 4) is 11.5 Å². The van der Waals surface area contributed by atoms with Crippen LogP contribution in [0.2, 0.25) is 0 Å². The molecule has 2 heterocycles. The lowest BCUT2D eigenvalue weighted by Crippen LogP contribution is -2.45. The van der Waals surface area contributed by atoms with Crippen LogP contribution in [-0.2, 0) is 4.79 Å². The Bertz CT molecular complexity index is 670. The summed E-state index contributed by atoms with van der Waals surface area (Å²) in [5.41, 5.74) is 1.03. The fourth-order valence-corrected chi connectivity index (χ4v) is 3.19. The maximum atomic E-state index is 12.1. The Kier molecular flexibility index (Phi) is 4.31. The highest BCUT2D eigenvalue weighted by molar-refractivity contribution is 7.10. The Morgan fingerprint density at radius 1 is 1.41 bits per heavy atom. The lowest BCUT2D eigenvalue weighted by atomic mass is 10.2. The molecule has 0 radical (unpaired) electrons. The first-order chi connectivity index (χ1) is 10.6. The number of thiophene rings is 1. The number of benzene rings is 1. The second-order valence-electron chi connectivity index (χ2n) is 5.09. The van der Waals surface area contributed by atoms with E-state index < -0.39 is 12.2 Å². The Labute approximate surface area is 132 Å². The number of carbonyl (C=O) groups excluding carboxylic acids is 1. The molecule has 1 amide bonds. The molecule has 2 N–H and O–H groups in total. The summed E-state index contributed by atoms with van der Waals surface area (Å²) in [5, 5.41) is 14.8. The van der Waals surface area contributed by atoms with Gasteiger partial charge in [-0.1, -0.05) is 12.1 Å². The van der Waals surface area contributed by atoms with Gasteiger partial charge in [-0.2, -0.15) is 0 Å². The van der Waals surface area contributed by atoms with Crippen molar-refractivity contribution >= 4 is 17.2 Å². The van der Waals surface area contributed by atoms with E-state index in [2.05, 4.69) is 5.32 Å². The molecule has 1 aliphatic heterocycles. The van der Waals surface area contributed by atoms with Gasteiger partial charge in [0.25, 0.3) is 5.91 Å². The molecule has 3 rings (SSSR count). The summed E-state index contributed by atoms with van der Waals surface area (Å²) in [4.78, 5) is 13.0. The average Bonchev–Trinajstić information content (AvgIpc) is 2.98. The summed E-state index contributed by atoms with van der Waals surface area (Å²) in [7, 11) is 0. The lowest BCUT2D eigenvalue weighted by Gasteiger charge is -2.25. The second kappa shape index (κ2) is 6.37. The molecule has 2 aromatic rings. The number of aliphatic hydroxyl groups excluding tert-OH is 1. The molecule has 0 spiro atoms. The largest absolute Gasteiger partial charge is 0.485 e. The van der Waals surface area contributed by atoms with Crippen LogP contribution in [0.15, 0.2) is 35.7 Å². The summed E-state index contributed by atoms with van der Waals surface area (Å²) in [6, 6.07) is 9.18. The molecule has 1 aromatic heterocycles. The molecular formula is C16H17NO4S. The van der Waals surface area contributed by atoms with Gasteiger partial charge in [-0.3, -0.25) is 4.79 Å². The summed E-state index contributed by atoms with van der Waals surface area (Å²) in [6.07, 6.45) is -1.41.